The van der Waals surface area contributed by atoms with Crippen molar-refractivity contribution >= 4 is 41.0 Å². The Balaban J connectivity index is 1.86. The topological polar surface area (TPSA) is 87.0 Å². The Labute approximate surface area is 204 Å². The maximum absolute atomic E-state index is 13.5. The molecule has 1 aliphatic heterocycles. The van der Waals surface area contributed by atoms with E-state index in [1.807, 2.05) is 0 Å². The summed E-state index contributed by atoms with van der Waals surface area (Å²) in [5, 5.41) is 0.548. The van der Waals surface area contributed by atoms with E-state index < -0.39 is 18.0 Å². The normalized spacial score (nSPS) is 15.5. The van der Waals surface area contributed by atoms with Crippen molar-refractivity contribution in [3.8, 4) is 5.75 Å². The van der Waals surface area contributed by atoms with Gasteiger partial charge in [0.1, 0.15) is 5.75 Å². The van der Waals surface area contributed by atoms with Crippen LogP contribution in [0.4, 0.5) is 0 Å². The molecule has 1 aromatic heterocycles. The van der Waals surface area contributed by atoms with E-state index in [9.17, 15) is 14.4 Å². The summed E-state index contributed by atoms with van der Waals surface area (Å²) >= 11 is 7.31. The summed E-state index contributed by atoms with van der Waals surface area (Å²) in [6.45, 7) is 5.00. The van der Waals surface area contributed by atoms with Crippen LogP contribution in [-0.2, 0) is 14.3 Å². The zero-order valence-electron chi connectivity index (χ0n) is 18.7. The van der Waals surface area contributed by atoms with Crippen LogP contribution in [-0.4, -0.2) is 23.1 Å². The van der Waals surface area contributed by atoms with Crippen LogP contribution in [0.3, 0.4) is 0 Å². The molecule has 174 valence electrons. The summed E-state index contributed by atoms with van der Waals surface area (Å²) in [5.74, 6) is -0.501. The van der Waals surface area contributed by atoms with Gasteiger partial charge in [0.2, 0.25) is 0 Å². The van der Waals surface area contributed by atoms with Gasteiger partial charge in [0.15, 0.2) is 4.80 Å². The van der Waals surface area contributed by atoms with E-state index in [2.05, 4.69) is 4.99 Å². The minimum absolute atomic E-state index is 0.205. The van der Waals surface area contributed by atoms with Gasteiger partial charge in [0.05, 0.1) is 28.5 Å². The number of allylic oxidation sites excluding steroid dienone is 1. The first kappa shape index (κ1) is 23.7. The number of fused-ring (bicyclic) bond motifs is 1. The lowest BCUT2D eigenvalue weighted by Gasteiger charge is -2.24. The summed E-state index contributed by atoms with van der Waals surface area (Å²) in [4.78, 5) is 42.6. The van der Waals surface area contributed by atoms with Gasteiger partial charge in [-0.05, 0) is 55.3 Å². The summed E-state index contributed by atoms with van der Waals surface area (Å²) < 4.78 is 12.3. The number of hydrogen-bond donors (Lipinski definition) is 0. The van der Waals surface area contributed by atoms with Crippen molar-refractivity contribution in [3.05, 3.63) is 95.6 Å². The summed E-state index contributed by atoms with van der Waals surface area (Å²) in [6, 6.07) is 13.1. The Bertz CT molecular complexity index is 1470. The van der Waals surface area contributed by atoms with Crippen LogP contribution < -0.4 is 19.6 Å². The number of carbonyl (C=O) groups excluding carboxylic acids is 2. The van der Waals surface area contributed by atoms with Gasteiger partial charge in [-0.1, -0.05) is 47.2 Å². The van der Waals surface area contributed by atoms with Gasteiger partial charge in [0, 0.05) is 11.9 Å². The maximum atomic E-state index is 13.5. The predicted molar refractivity (Wildman–Crippen MR) is 130 cm³/mol. The molecular formula is C25H21ClN2O5S. The number of nitrogens with zero attached hydrogens (tertiary/aromatic N) is 2. The minimum atomic E-state index is -0.693. The Hall–Kier alpha value is -3.49. The van der Waals surface area contributed by atoms with Gasteiger partial charge < -0.3 is 9.47 Å². The van der Waals surface area contributed by atoms with Crippen molar-refractivity contribution in [2.75, 3.05) is 6.61 Å². The van der Waals surface area contributed by atoms with Crippen LogP contribution >= 0.6 is 22.9 Å². The number of halogens is 1. The third-order valence-electron chi connectivity index (χ3n) is 5.14. The molecule has 9 heteroatoms. The largest absolute Gasteiger partial charge is 0.463 e. The highest BCUT2D eigenvalue weighted by molar-refractivity contribution is 7.07. The highest BCUT2D eigenvalue weighted by Crippen LogP contribution is 2.31. The first-order chi connectivity index (χ1) is 16.3. The Morgan fingerprint density at radius 2 is 1.82 bits per heavy atom. The van der Waals surface area contributed by atoms with E-state index in [1.54, 1.807) is 68.5 Å². The van der Waals surface area contributed by atoms with Crippen LogP contribution in [0.25, 0.3) is 6.08 Å². The molecule has 0 unspecified atom stereocenters. The molecule has 0 saturated heterocycles. The summed E-state index contributed by atoms with van der Waals surface area (Å²) in [6.07, 6.45) is 1.74. The number of carbonyl (C=O) groups is 2. The van der Waals surface area contributed by atoms with E-state index in [0.29, 0.717) is 31.4 Å². The maximum Gasteiger partial charge on any atom is 0.338 e. The predicted octanol–water partition coefficient (Wildman–Crippen LogP) is 3.38. The monoisotopic (exact) mass is 496 g/mol. The Morgan fingerprint density at radius 3 is 2.44 bits per heavy atom. The lowest BCUT2D eigenvalue weighted by atomic mass is 9.96. The zero-order valence-corrected chi connectivity index (χ0v) is 20.3. The molecule has 7 nitrogen and oxygen atoms in total. The van der Waals surface area contributed by atoms with Crippen LogP contribution in [0.15, 0.2) is 69.6 Å². The van der Waals surface area contributed by atoms with Crippen LogP contribution in [0, 0.1) is 0 Å². The second-order valence-corrected chi connectivity index (χ2v) is 8.96. The quantitative estimate of drug-likeness (QED) is 0.399. The highest BCUT2D eigenvalue weighted by atomic mass is 35.5. The van der Waals surface area contributed by atoms with Gasteiger partial charge in [-0.2, -0.15) is 0 Å². The number of aromatic nitrogens is 1. The Kier molecular flexibility index (Phi) is 6.81. The molecule has 2 aromatic carbocycles. The summed E-state index contributed by atoms with van der Waals surface area (Å²) in [7, 11) is 0. The molecule has 0 radical (unpaired) electrons. The fourth-order valence-corrected chi connectivity index (χ4v) is 4.87. The molecule has 0 bridgehead atoms. The summed E-state index contributed by atoms with van der Waals surface area (Å²) in [5.41, 5.74) is 2.01. The third-order valence-corrected chi connectivity index (χ3v) is 6.38. The van der Waals surface area contributed by atoms with E-state index >= 15 is 0 Å². The zero-order chi connectivity index (χ0) is 24.4. The second-order valence-electron chi connectivity index (χ2n) is 7.52. The Morgan fingerprint density at radius 1 is 1.15 bits per heavy atom. The highest BCUT2D eigenvalue weighted by Gasteiger charge is 2.33. The molecule has 1 atom stereocenters. The molecular weight excluding hydrogens is 476 g/mol. The molecule has 0 spiro atoms. The number of rotatable bonds is 5. The van der Waals surface area contributed by atoms with Crippen LogP contribution in [0.5, 0.6) is 5.75 Å². The van der Waals surface area contributed by atoms with Gasteiger partial charge >= 0.3 is 11.9 Å². The molecule has 1 aliphatic rings. The standard InChI is InChI=1S/C25H21ClN2O5S/c1-4-32-24(31)21-14(2)27-25-28(22(21)17-7-9-18(26)10-8-17)23(30)20(34-25)13-16-5-11-19(12-6-16)33-15(3)29/h5-13,22H,4H2,1-3H3/b20-13+/t22-/m1/s1. The van der Waals surface area contributed by atoms with E-state index in [0.717, 1.165) is 11.1 Å². The molecule has 3 aromatic rings. The molecule has 0 fully saturated rings. The fraction of sp³-hybridized carbons (Fsp3) is 0.200. The third kappa shape index (κ3) is 4.73. The van der Waals surface area contributed by atoms with E-state index in [1.165, 1.54) is 22.8 Å². The molecule has 0 amide bonds. The van der Waals surface area contributed by atoms with Crippen molar-refractivity contribution in [1.82, 2.24) is 4.57 Å². The van der Waals surface area contributed by atoms with Gasteiger partial charge in [-0.15, -0.1) is 0 Å². The lowest BCUT2D eigenvalue weighted by Crippen LogP contribution is -2.39. The number of benzene rings is 2. The van der Waals surface area contributed by atoms with E-state index in [4.69, 9.17) is 21.1 Å². The first-order valence-electron chi connectivity index (χ1n) is 10.5. The number of hydrogen-bond acceptors (Lipinski definition) is 7. The van der Waals surface area contributed by atoms with Crippen molar-refractivity contribution in [2.24, 2.45) is 4.99 Å². The number of thiazole rings is 1. The van der Waals surface area contributed by atoms with Crippen molar-refractivity contribution in [2.45, 2.75) is 26.8 Å². The van der Waals surface area contributed by atoms with Gasteiger partial charge in [-0.3, -0.25) is 14.2 Å². The average molecular weight is 497 g/mol. The SMILES string of the molecule is CCOC(=O)C1=C(C)N=c2s/c(=C/c3ccc(OC(C)=O)cc3)c(=O)n2[C@@H]1c1ccc(Cl)cc1. The molecule has 4 rings (SSSR count). The van der Waals surface area contributed by atoms with Crippen molar-refractivity contribution in [1.29, 1.82) is 0 Å². The average Bonchev–Trinajstić information content (AvgIpc) is 3.09. The molecule has 0 aliphatic carbocycles. The second kappa shape index (κ2) is 9.79. The molecule has 0 saturated carbocycles. The molecule has 0 N–H and O–H groups in total. The van der Waals surface area contributed by atoms with Gasteiger partial charge in [0.25, 0.3) is 5.56 Å². The van der Waals surface area contributed by atoms with Crippen molar-refractivity contribution < 1.29 is 19.1 Å². The number of esters is 2. The smallest absolute Gasteiger partial charge is 0.338 e. The molecule has 34 heavy (non-hydrogen) atoms. The fourth-order valence-electron chi connectivity index (χ4n) is 3.70. The van der Waals surface area contributed by atoms with Crippen LogP contribution in [0.2, 0.25) is 5.02 Å². The first-order valence-corrected chi connectivity index (χ1v) is 11.7. The van der Waals surface area contributed by atoms with Crippen LogP contribution in [0.1, 0.15) is 37.9 Å². The molecule has 2 heterocycles. The number of ether oxygens (including phenoxy) is 2. The van der Waals surface area contributed by atoms with Gasteiger partial charge in [-0.25, -0.2) is 9.79 Å². The van der Waals surface area contributed by atoms with E-state index in [-0.39, 0.29) is 12.2 Å². The van der Waals surface area contributed by atoms with Crippen molar-refractivity contribution in [3.63, 3.8) is 0 Å². The lowest BCUT2D eigenvalue weighted by molar-refractivity contribution is -0.139. The minimum Gasteiger partial charge on any atom is -0.463 e.